The lowest BCUT2D eigenvalue weighted by atomic mass is 10.1. The first-order valence-corrected chi connectivity index (χ1v) is 7.32. The average molecular weight is 363 g/mol. The molecule has 92 valence electrons. The van der Waals surface area contributed by atoms with Gasteiger partial charge in [-0.15, -0.1) is 0 Å². The average Bonchev–Trinajstić information content (AvgIpc) is 2.32. The van der Waals surface area contributed by atoms with E-state index >= 15 is 0 Å². The van der Waals surface area contributed by atoms with Gasteiger partial charge < -0.3 is 9.64 Å². The summed E-state index contributed by atoms with van der Waals surface area (Å²) in [7, 11) is 0. The highest BCUT2D eigenvalue weighted by molar-refractivity contribution is 9.10. The molecule has 0 saturated heterocycles. The number of carbonyl (C=O) groups excluding carboxylic acids is 1. The highest BCUT2D eigenvalue weighted by Crippen LogP contribution is 2.34. The second-order valence-electron chi connectivity index (χ2n) is 4.16. The second-order valence-corrected chi connectivity index (χ2v) is 5.73. The van der Waals surface area contributed by atoms with Crippen LogP contribution in [0, 0.1) is 5.92 Å². The summed E-state index contributed by atoms with van der Waals surface area (Å²) in [5.41, 5.74) is 0.850. The Morgan fingerprint density at radius 3 is 3.00 bits per heavy atom. The van der Waals surface area contributed by atoms with E-state index in [-0.39, 0.29) is 12.5 Å². The van der Waals surface area contributed by atoms with Gasteiger partial charge in [-0.25, -0.2) is 0 Å². The van der Waals surface area contributed by atoms with E-state index < -0.39 is 0 Å². The number of hydrogen-bond acceptors (Lipinski definition) is 2. The van der Waals surface area contributed by atoms with E-state index in [1.165, 1.54) is 0 Å². The molecule has 0 N–H and O–H groups in total. The molecule has 1 aliphatic rings. The third kappa shape index (κ3) is 2.83. The molecule has 0 radical (unpaired) electrons. The van der Waals surface area contributed by atoms with Crippen molar-refractivity contribution in [2.45, 2.75) is 6.92 Å². The van der Waals surface area contributed by atoms with Gasteiger partial charge in [-0.2, -0.15) is 0 Å². The molecule has 1 amide bonds. The van der Waals surface area contributed by atoms with Gasteiger partial charge in [0.05, 0.1) is 5.69 Å². The van der Waals surface area contributed by atoms with E-state index in [0.29, 0.717) is 12.5 Å². The van der Waals surface area contributed by atoms with Gasteiger partial charge in [0.2, 0.25) is 0 Å². The highest BCUT2D eigenvalue weighted by atomic mass is 79.9. The lowest BCUT2D eigenvalue weighted by Crippen LogP contribution is -2.41. The van der Waals surface area contributed by atoms with Crippen LogP contribution in [0.2, 0.25) is 0 Å². The summed E-state index contributed by atoms with van der Waals surface area (Å²) in [4.78, 5) is 13.7. The van der Waals surface area contributed by atoms with Crippen LogP contribution in [0.25, 0.3) is 0 Å². The number of rotatable bonds is 3. The number of carbonyl (C=O) groups is 1. The maximum absolute atomic E-state index is 11.9. The summed E-state index contributed by atoms with van der Waals surface area (Å²) in [6.45, 7) is 2.94. The van der Waals surface area contributed by atoms with Crippen molar-refractivity contribution in [1.82, 2.24) is 0 Å². The molecule has 5 heteroatoms. The van der Waals surface area contributed by atoms with Crippen LogP contribution < -0.4 is 9.64 Å². The number of hydrogen-bond donors (Lipinski definition) is 0. The number of halogens is 2. The molecule has 0 bridgehead atoms. The smallest absolute Gasteiger partial charge is 0.265 e. The Balaban J connectivity index is 2.32. The number of fused-ring (bicyclic) bond motifs is 1. The molecule has 0 saturated carbocycles. The molecule has 1 aliphatic heterocycles. The van der Waals surface area contributed by atoms with Crippen LogP contribution in [0.15, 0.2) is 22.7 Å². The maximum Gasteiger partial charge on any atom is 0.265 e. The summed E-state index contributed by atoms with van der Waals surface area (Å²) in [6.07, 6.45) is 0. The van der Waals surface area contributed by atoms with Gasteiger partial charge in [0, 0.05) is 16.3 Å². The fourth-order valence-corrected chi connectivity index (χ4v) is 2.29. The minimum absolute atomic E-state index is 0.0170. The Labute approximate surface area is 117 Å². The Kier molecular flexibility index (Phi) is 4.09. The summed E-state index contributed by atoms with van der Waals surface area (Å²) in [6, 6.07) is 5.73. The van der Waals surface area contributed by atoms with Crippen LogP contribution in [0.3, 0.4) is 0 Å². The summed E-state index contributed by atoms with van der Waals surface area (Å²) >= 11 is 6.86. The first-order valence-electron chi connectivity index (χ1n) is 5.40. The Morgan fingerprint density at radius 1 is 1.53 bits per heavy atom. The standard InChI is InChI=1S/C12H13Br2NO2/c1-8(5-13)6-15-10-4-9(14)2-3-11(10)17-7-12(15)16/h2-4,8H,5-7H2,1H3. The van der Waals surface area contributed by atoms with Crippen LogP contribution >= 0.6 is 31.9 Å². The minimum Gasteiger partial charge on any atom is -0.482 e. The molecule has 1 aromatic rings. The van der Waals surface area contributed by atoms with Crippen LogP contribution in [0.1, 0.15) is 6.92 Å². The van der Waals surface area contributed by atoms with Crippen molar-refractivity contribution in [3.8, 4) is 5.75 Å². The molecule has 0 fully saturated rings. The molecular weight excluding hydrogens is 350 g/mol. The molecule has 3 nitrogen and oxygen atoms in total. The van der Waals surface area contributed by atoms with E-state index in [2.05, 4.69) is 38.8 Å². The molecule has 0 aliphatic carbocycles. The number of ether oxygens (including phenoxy) is 1. The normalized spacial score (nSPS) is 16.4. The number of alkyl halides is 1. The predicted molar refractivity (Wildman–Crippen MR) is 74.9 cm³/mol. The fourth-order valence-electron chi connectivity index (χ4n) is 1.74. The summed E-state index contributed by atoms with van der Waals surface area (Å²) in [5, 5.41) is 0.876. The number of amides is 1. The first-order chi connectivity index (χ1) is 8.11. The molecule has 1 aromatic carbocycles. The number of nitrogens with zero attached hydrogens (tertiary/aromatic N) is 1. The van der Waals surface area contributed by atoms with Crippen molar-refractivity contribution in [3.05, 3.63) is 22.7 Å². The fraction of sp³-hybridized carbons (Fsp3) is 0.417. The van der Waals surface area contributed by atoms with Crippen molar-refractivity contribution in [2.75, 3.05) is 23.4 Å². The predicted octanol–water partition coefficient (Wildman–Crippen LogP) is 3.21. The Bertz CT molecular complexity index is 437. The summed E-state index contributed by atoms with van der Waals surface area (Å²) < 4.78 is 6.36. The van der Waals surface area contributed by atoms with Crippen molar-refractivity contribution in [1.29, 1.82) is 0 Å². The van der Waals surface area contributed by atoms with E-state index in [9.17, 15) is 4.79 Å². The maximum atomic E-state index is 11.9. The SMILES string of the molecule is CC(CBr)CN1C(=O)COc2ccc(Br)cc21. The first kappa shape index (κ1) is 12.9. The third-order valence-electron chi connectivity index (χ3n) is 2.62. The number of anilines is 1. The van der Waals surface area contributed by atoms with E-state index in [1.54, 1.807) is 4.90 Å². The molecule has 0 aromatic heterocycles. The Morgan fingerprint density at radius 2 is 2.29 bits per heavy atom. The monoisotopic (exact) mass is 361 g/mol. The van der Waals surface area contributed by atoms with E-state index in [1.807, 2.05) is 18.2 Å². The quantitative estimate of drug-likeness (QED) is 0.772. The van der Waals surface area contributed by atoms with Gasteiger partial charge in [-0.05, 0) is 24.1 Å². The highest BCUT2D eigenvalue weighted by Gasteiger charge is 2.26. The van der Waals surface area contributed by atoms with Gasteiger partial charge in [0.25, 0.3) is 5.91 Å². The zero-order valence-electron chi connectivity index (χ0n) is 9.45. The van der Waals surface area contributed by atoms with E-state index in [4.69, 9.17) is 4.74 Å². The molecule has 1 atom stereocenters. The third-order valence-corrected chi connectivity index (χ3v) is 4.22. The van der Waals surface area contributed by atoms with E-state index in [0.717, 1.165) is 21.2 Å². The summed E-state index contributed by atoms with van der Waals surface area (Å²) in [5.74, 6) is 1.20. The lowest BCUT2D eigenvalue weighted by molar-refractivity contribution is -0.121. The largest absolute Gasteiger partial charge is 0.482 e. The topological polar surface area (TPSA) is 29.5 Å². The van der Waals surface area contributed by atoms with Gasteiger partial charge in [-0.3, -0.25) is 4.79 Å². The zero-order valence-corrected chi connectivity index (χ0v) is 12.6. The molecular formula is C12H13Br2NO2. The molecule has 1 unspecified atom stereocenters. The van der Waals surface area contributed by atoms with Gasteiger partial charge in [0.15, 0.2) is 6.61 Å². The van der Waals surface area contributed by atoms with Crippen LogP contribution in [0.4, 0.5) is 5.69 Å². The molecule has 0 spiro atoms. The van der Waals surface area contributed by atoms with Gasteiger partial charge in [0.1, 0.15) is 5.75 Å². The minimum atomic E-state index is 0.0170. The second kappa shape index (κ2) is 5.40. The van der Waals surface area contributed by atoms with Gasteiger partial charge in [-0.1, -0.05) is 38.8 Å². The van der Waals surface area contributed by atoms with Crippen molar-refractivity contribution < 1.29 is 9.53 Å². The van der Waals surface area contributed by atoms with Crippen molar-refractivity contribution in [3.63, 3.8) is 0 Å². The van der Waals surface area contributed by atoms with Crippen LogP contribution in [-0.2, 0) is 4.79 Å². The van der Waals surface area contributed by atoms with Gasteiger partial charge >= 0.3 is 0 Å². The van der Waals surface area contributed by atoms with Crippen LogP contribution in [0.5, 0.6) is 5.75 Å². The van der Waals surface area contributed by atoms with Crippen molar-refractivity contribution in [2.24, 2.45) is 5.92 Å². The molecule has 17 heavy (non-hydrogen) atoms. The Hall–Kier alpha value is -0.550. The number of benzene rings is 1. The zero-order chi connectivity index (χ0) is 12.4. The van der Waals surface area contributed by atoms with Crippen LogP contribution in [-0.4, -0.2) is 24.4 Å². The lowest BCUT2D eigenvalue weighted by Gasteiger charge is -2.31. The molecule has 2 rings (SSSR count). The molecule has 1 heterocycles. The van der Waals surface area contributed by atoms with Crippen molar-refractivity contribution >= 4 is 43.5 Å².